The lowest BCUT2D eigenvalue weighted by Crippen LogP contribution is -2.32. The van der Waals surface area contributed by atoms with Gasteiger partial charge >= 0.3 is 0 Å². The highest BCUT2D eigenvalue weighted by Gasteiger charge is 2.22. The van der Waals surface area contributed by atoms with Crippen LogP contribution in [-0.2, 0) is 24.1 Å². The Bertz CT molecular complexity index is 984. The molecule has 0 saturated heterocycles. The molecule has 3 N–H and O–H groups in total. The zero-order valence-corrected chi connectivity index (χ0v) is 18.1. The summed E-state index contributed by atoms with van der Waals surface area (Å²) in [4.78, 5) is 17.3. The molecule has 1 atom stereocenters. The lowest BCUT2D eigenvalue weighted by atomic mass is 9.87. The second kappa shape index (κ2) is 9.42. The van der Waals surface area contributed by atoms with Crippen molar-refractivity contribution in [2.45, 2.75) is 45.1 Å². The SMILES string of the molecule is CCc1ccc(-c2nc(CC(=O)NC3CCCc4cc(N)ccc43)cs2)cc1.Cl. The standard InChI is InChI=1S/C23H25N3OS.ClH/c1-2-15-6-8-16(9-7-15)23-25-19(14-28-23)13-22(27)26-21-5-3-4-17-12-18(24)10-11-20(17)21;/h6-12,14,21H,2-5,13,24H2,1H3,(H,26,27);1H. The van der Waals surface area contributed by atoms with E-state index in [1.807, 2.05) is 17.5 Å². The van der Waals surface area contributed by atoms with Gasteiger partial charge in [-0.15, -0.1) is 23.7 Å². The molecule has 152 valence electrons. The van der Waals surface area contributed by atoms with E-state index in [0.29, 0.717) is 6.42 Å². The number of hydrogen-bond donors (Lipinski definition) is 2. The smallest absolute Gasteiger partial charge is 0.226 e. The summed E-state index contributed by atoms with van der Waals surface area (Å²) in [7, 11) is 0. The first-order valence-electron chi connectivity index (χ1n) is 9.83. The number of halogens is 1. The number of carbonyl (C=O) groups excluding carboxylic acids is 1. The van der Waals surface area contributed by atoms with Gasteiger partial charge in [-0.25, -0.2) is 4.98 Å². The number of carbonyl (C=O) groups is 1. The van der Waals surface area contributed by atoms with Gasteiger partial charge in [-0.3, -0.25) is 4.79 Å². The third-order valence-corrected chi connectivity index (χ3v) is 6.26. The normalized spacial score (nSPS) is 15.3. The fourth-order valence-electron chi connectivity index (χ4n) is 3.80. The van der Waals surface area contributed by atoms with E-state index >= 15 is 0 Å². The molecule has 1 aliphatic rings. The van der Waals surface area contributed by atoms with Crippen LogP contribution in [0.2, 0.25) is 0 Å². The van der Waals surface area contributed by atoms with E-state index in [1.165, 1.54) is 16.7 Å². The van der Waals surface area contributed by atoms with E-state index in [0.717, 1.165) is 47.6 Å². The lowest BCUT2D eigenvalue weighted by molar-refractivity contribution is -0.121. The number of nitrogen functional groups attached to an aromatic ring is 1. The highest BCUT2D eigenvalue weighted by molar-refractivity contribution is 7.13. The number of aryl methyl sites for hydroxylation is 2. The van der Waals surface area contributed by atoms with Crippen LogP contribution in [0.25, 0.3) is 10.6 Å². The molecular weight excluding hydrogens is 402 g/mol. The maximum absolute atomic E-state index is 12.6. The van der Waals surface area contributed by atoms with Gasteiger partial charge in [0, 0.05) is 16.6 Å². The molecule has 1 unspecified atom stereocenters. The van der Waals surface area contributed by atoms with Gasteiger partial charge in [-0.05, 0) is 54.5 Å². The average molecular weight is 428 g/mol. The van der Waals surface area contributed by atoms with Gasteiger partial charge in [0.1, 0.15) is 5.01 Å². The largest absolute Gasteiger partial charge is 0.399 e. The molecule has 0 aliphatic heterocycles. The average Bonchev–Trinajstić information content (AvgIpc) is 3.16. The number of rotatable bonds is 5. The molecule has 0 fully saturated rings. The summed E-state index contributed by atoms with van der Waals surface area (Å²) >= 11 is 1.59. The van der Waals surface area contributed by atoms with Crippen molar-refractivity contribution in [2.24, 2.45) is 0 Å². The van der Waals surface area contributed by atoms with E-state index in [1.54, 1.807) is 11.3 Å². The zero-order chi connectivity index (χ0) is 19.5. The molecule has 3 aromatic rings. The van der Waals surface area contributed by atoms with Gasteiger partial charge in [0.25, 0.3) is 0 Å². The van der Waals surface area contributed by atoms with Crippen molar-refractivity contribution in [2.75, 3.05) is 5.73 Å². The molecule has 0 spiro atoms. The molecule has 1 aliphatic carbocycles. The molecule has 0 radical (unpaired) electrons. The van der Waals surface area contributed by atoms with Crippen molar-refractivity contribution in [3.8, 4) is 10.6 Å². The zero-order valence-electron chi connectivity index (χ0n) is 16.5. The van der Waals surface area contributed by atoms with Crippen molar-refractivity contribution < 1.29 is 4.79 Å². The van der Waals surface area contributed by atoms with Crippen molar-refractivity contribution in [1.82, 2.24) is 10.3 Å². The quantitative estimate of drug-likeness (QED) is 0.555. The minimum atomic E-state index is 0. The van der Waals surface area contributed by atoms with E-state index in [9.17, 15) is 4.79 Å². The summed E-state index contributed by atoms with van der Waals surface area (Å²) in [6, 6.07) is 14.5. The van der Waals surface area contributed by atoms with Crippen LogP contribution < -0.4 is 11.1 Å². The molecule has 0 saturated carbocycles. The number of amides is 1. The predicted molar refractivity (Wildman–Crippen MR) is 123 cm³/mol. The molecule has 1 amide bonds. The summed E-state index contributed by atoms with van der Waals surface area (Å²) in [6.07, 6.45) is 4.40. The topological polar surface area (TPSA) is 68.0 Å². The Morgan fingerprint density at radius 1 is 1.24 bits per heavy atom. The van der Waals surface area contributed by atoms with Crippen molar-refractivity contribution in [3.05, 3.63) is 70.2 Å². The summed E-state index contributed by atoms with van der Waals surface area (Å²) in [6.45, 7) is 2.15. The number of thiazole rings is 1. The highest BCUT2D eigenvalue weighted by Crippen LogP contribution is 2.31. The summed E-state index contributed by atoms with van der Waals surface area (Å²) in [5.41, 5.74) is 12.4. The van der Waals surface area contributed by atoms with Gasteiger partial charge in [0.2, 0.25) is 5.91 Å². The number of fused-ring (bicyclic) bond motifs is 1. The number of nitrogens with two attached hydrogens (primary N) is 1. The fourth-order valence-corrected chi connectivity index (χ4v) is 4.62. The number of hydrogen-bond acceptors (Lipinski definition) is 4. The maximum atomic E-state index is 12.6. The first kappa shape index (κ1) is 21.3. The van der Waals surface area contributed by atoms with Crippen LogP contribution in [0.5, 0.6) is 0 Å². The number of nitrogens with zero attached hydrogens (tertiary/aromatic N) is 1. The van der Waals surface area contributed by atoms with Crippen LogP contribution >= 0.6 is 23.7 Å². The minimum Gasteiger partial charge on any atom is -0.399 e. The Kier molecular flexibility index (Phi) is 6.93. The van der Waals surface area contributed by atoms with Crippen LogP contribution in [0.1, 0.15) is 48.2 Å². The molecular formula is C23H26ClN3OS. The van der Waals surface area contributed by atoms with E-state index < -0.39 is 0 Å². The van der Waals surface area contributed by atoms with E-state index in [-0.39, 0.29) is 24.4 Å². The second-order valence-corrected chi connectivity index (χ2v) is 8.20. The molecule has 1 heterocycles. The third-order valence-electron chi connectivity index (χ3n) is 5.32. The van der Waals surface area contributed by atoms with Gasteiger partial charge in [-0.2, -0.15) is 0 Å². The first-order chi connectivity index (χ1) is 13.6. The van der Waals surface area contributed by atoms with Crippen molar-refractivity contribution in [1.29, 1.82) is 0 Å². The Morgan fingerprint density at radius 3 is 2.79 bits per heavy atom. The Balaban J connectivity index is 0.00000240. The Hall–Kier alpha value is -2.37. The molecule has 29 heavy (non-hydrogen) atoms. The van der Waals surface area contributed by atoms with Crippen molar-refractivity contribution in [3.63, 3.8) is 0 Å². The number of nitrogens with one attached hydrogen (secondary N) is 1. The maximum Gasteiger partial charge on any atom is 0.226 e. The third kappa shape index (κ3) is 4.98. The monoisotopic (exact) mass is 427 g/mol. The van der Waals surface area contributed by atoms with Gasteiger partial charge < -0.3 is 11.1 Å². The summed E-state index contributed by atoms with van der Waals surface area (Å²) in [5, 5.41) is 6.14. The summed E-state index contributed by atoms with van der Waals surface area (Å²) < 4.78 is 0. The van der Waals surface area contributed by atoms with Gasteiger partial charge in [0.05, 0.1) is 18.2 Å². The van der Waals surface area contributed by atoms with Gasteiger partial charge in [0.15, 0.2) is 0 Å². The molecule has 4 nitrogen and oxygen atoms in total. The van der Waals surface area contributed by atoms with E-state index in [4.69, 9.17) is 5.73 Å². The minimum absolute atomic E-state index is 0. The Morgan fingerprint density at radius 2 is 2.03 bits per heavy atom. The fraction of sp³-hybridized carbons (Fsp3) is 0.304. The van der Waals surface area contributed by atoms with Crippen LogP contribution in [0.3, 0.4) is 0 Å². The first-order valence-corrected chi connectivity index (χ1v) is 10.7. The number of benzene rings is 2. The molecule has 4 rings (SSSR count). The highest BCUT2D eigenvalue weighted by atomic mass is 35.5. The number of aromatic nitrogens is 1. The van der Waals surface area contributed by atoms with E-state index in [2.05, 4.69) is 47.6 Å². The second-order valence-electron chi connectivity index (χ2n) is 7.34. The van der Waals surface area contributed by atoms with Gasteiger partial charge in [-0.1, -0.05) is 37.3 Å². The summed E-state index contributed by atoms with van der Waals surface area (Å²) in [5.74, 6) is 0.0212. The van der Waals surface area contributed by atoms with Crippen LogP contribution in [0.15, 0.2) is 47.8 Å². The molecule has 1 aromatic heterocycles. The number of anilines is 1. The Labute approximate surface area is 182 Å². The van der Waals surface area contributed by atoms with Crippen LogP contribution in [0, 0.1) is 0 Å². The molecule has 6 heteroatoms. The molecule has 2 aromatic carbocycles. The molecule has 0 bridgehead atoms. The predicted octanol–water partition coefficient (Wildman–Crippen LogP) is 5.11. The van der Waals surface area contributed by atoms with Crippen LogP contribution in [-0.4, -0.2) is 10.9 Å². The van der Waals surface area contributed by atoms with Crippen molar-refractivity contribution >= 4 is 35.3 Å². The van der Waals surface area contributed by atoms with Crippen LogP contribution in [0.4, 0.5) is 5.69 Å². The lowest BCUT2D eigenvalue weighted by Gasteiger charge is -2.26.